The molecule has 3 rings (SSSR count). The molecular weight excluding hydrogens is 338 g/mol. The van der Waals surface area contributed by atoms with Crippen LogP contribution in [0.5, 0.6) is 5.75 Å². The summed E-state index contributed by atoms with van der Waals surface area (Å²) in [6.45, 7) is 8.41. The third kappa shape index (κ3) is 4.56. The molecule has 1 aromatic heterocycles. The van der Waals surface area contributed by atoms with Crippen molar-refractivity contribution < 1.29 is 9.53 Å². The molecule has 2 aromatic carbocycles. The molecule has 0 aliphatic carbocycles. The van der Waals surface area contributed by atoms with Gasteiger partial charge in [-0.1, -0.05) is 42.0 Å². The second-order valence-electron chi connectivity index (χ2n) is 6.81. The monoisotopic (exact) mass is 363 g/mol. The highest BCUT2D eigenvalue weighted by atomic mass is 16.5. The predicted octanol–water partition coefficient (Wildman–Crippen LogP) is 4.26. The number of ether oxygens (including phenoxy) is 1. The first-order valence-electron chi connectivity index (χ1n) is 9.05. The Bertz CT molecular complexity index is 929. The van der Waals surface area contributed by atoms with Crippen LogP contribution in [-0.4, -0.2) is 21.8 Å². The molecule has 1 heterocycles. The number of nitrogens with one attached hydrogen (secondary N) is 1. The van der Waals surface area contributed by atoms with E-state index in [-0.39, 0.29) is 5.91 Å². The van der Waals surface area contributed by atoms with E-state index in [1.807, 2.05) is 32.0 Å². The van der Waals surface area contributed by atoms with E-state index in [2.05, 4.69) is 41.6 Å². The van der Waals surface area contributed by atoms with Gasteiger partial charge in [0.15, 0.2) is 6.10 Å². The summed E-state index contributed by atoms with van der Waals surface area (Å²) in [6, 6.07) is 15.9. The Morgan fingerprint density at radius 2 is 1.85 bits per heavy atom. The Morgan fingerprint density at radius 1 is 1.11 bits per heavy atom. The van der Waals surface area contributed by atoms with Gasteiger partial charge < -0.3 is 10.1 Å². The summed E-state index contributed by atoms with van der Waals surface area (Å²) in [6.07, 6.45) is 1.06. The van der Waals surface area contributed by atoms with Gasteiger partial charge in [-0.05, 0) is 50.5 Å². The summed E-state index contributed by atoms with van der Waals surface area (Å²) < 4.78 is 7.64. The SMILES string of the molecule is Cc1ccc(Cn2nccc2NC(=O)C(C)Oc2cccc(C)c2C)cc1. The molecule has 1 N–H and O–H groups in total. The minimum absolute atomic E-state index is 0.207. The van der Waals surface area contributed by atoms with Crippen LogP contribution in [0.3, 0.4) is 0 Å². The van der Waals surface area contributed by atoms with Crippen molar-refractivity contribution >= 4 is 11.7 Å². The highest BCUT2D eigenvalue weighted by molar-refractivity contribution is 5.93. The van der Waals surface area contributed by atoms with Gasteiger partial charge in [-0.2, -0.15) is 5.10 Å². The summed E-state index contributed by atoms with van der Waals surface area (Å²) in [5.41, 5.74) is 4.52. The van der Waals surface area contributed by atoms with Gasteiger partial charge in [-0.15, -0.1) is 0 Å². The van der Waals surface area contributed by atoms with Crippen LogP contribution in [0.15, 0.2) is 54.7 Å². The smallest absolute Gasteiger partial charge is 0.266 e. The number of rotatable bonds is 6. The lowest BCUT2D eigenvalue weighted by Gasteiger charge is -2.17. The fourth-order valence-corrected chi connectivity index (χ4v) is 2.75. The van der Waals surface area contributed by atoms with Gasteiger partial charge in [0.2, 0.25) is 0 Å². The van der Waals surface area contributed by atoms with E-state index in [1.165, 1.54) is 5.56 Å². The Balaban J connectivity index is 1.66. The first-order chi connectivity index (χ1) is 12.9. The lowest BCUT2D eigenvalue weighted by atomic mass is 10.1. The average molecular weight is 363 g/mol. The van der Waals surface area contributed by atoms with Crippen molar-refractivity contribution in [1.82, 2.24) is 9.78 Å². The van der Waals surface area contributed by atoms with Crippen LogP contribution in [0.1, 0.15) is 29.2 Å². The first-order valence-corrected chi connectivity index (χ1v) is 9.05. The topological polar surface area (TPSA) is 56.2 Å². The van der Waals surface area contributed by atoms with Crippen LogP contribution in [0.4, 0.5) is 5.82 Å². The normalized spacial score (nSPS) is 11.9. The lowest BCUT2D eigenvalue weighted by Crippen LogP contribution is -2.31. The molecule has 1 amide bonds. The number of anilines is 1. The molecule has 0 aliphatic rings. The lowest BCUT2D eigenvalue weighted by molar-refractivity contribution is -0.122. The molecule has 0 radical (unpaired) electrons. The maximum absolute atomic E-state index is 12.6. The number of nitrogens with zero attached hydrogens (tertiary/aromatic N) is 2. The fourth-order valence-electron chi connectivity index (χ4n) is 2.75. The molecule has 3 aromatic rings. The van der Waals surface area contributed by atoms with E-state index < -0.39 is 6.10 Å². The molecule has 0 fully saturated rings. The standard InChI is InChI=1S/C22H25N3O2/c1-15-8-10-19(11-9-15)14-25-21(12-13-23-25)24-22(26)18(4)27-20-7-5-6-16(2)17(20)3/h5-13,18H,14H2,1-4H3,(H,24,26). The number of aryl methyl sites for hydroxylation is 2. The first kappa shape index (κ1) is 18.7. The number of carbonyl (C=O) groups is 1. The molecule has 0 saturated carbocycles. The van der Waals surface area contributed by atoms with Crippen LogP contribution in [-0.2, 0) is 11.3 Å². The van der Waals surface area contributed by atoms with Gasteiger partial charge in [-0.25, -0.2) is 4.68 Å². The number of carbonyl (C=O) groups excluding carboxylic acids is 1. The molecule has 0 bridgehead atoms. The highest BCUT2D eigenvalue weighted by Gasteiger charge is 2.18. The van der Waals surface area contributed by atoms with E-state index in [0.29, 0.717) is 12.4 Å². The second kappa shape index (κ2) is 8.08. The number of benzene rings is 2. The summed E-state index contributed by atoms with van der Waals surface area (Å²) in [5, 5.41) is 7.23. The number of aromatic nitrogens is 2. The fraction of sp³-hybridized carbons (Fsp3) is 0.273. The molecule has 5 heteroatoms. The number of amides is 1. The van der Waals surface area contributed by atoms with E-state index in [4.69, 9.17) is 4.74 Å². The van der Waals surface area contributed by atoms with E-state index in [1.54, 1.807) is 23.9 Å². The minimum atomic E-state index is -0.617. The largest absolute Gasteiger partial charge is 0.481 e. The second-order valence-corrected chi connectivity index (χ2v) is 6.81. The summed E-state index contributed by atoms with van der Waals surface area (Å²) >= 11 is 0. The van der Waals surface area contributed by atoms with Crippen molar-refractivity contribution in [2.45, 2.75) is 40.3 Å². The van der Waals surface area contributed by atoms with Gasteiger partial charge in [-0.3, -0.25) is 4.79 Å². The zero-order chi connectivity index (χ0) is 19.4. The molecule has 0 saturated heterocycles. The third-order valence-electron chi connectivity index (χ3n) is 4.65. The van der Waals surface area contributed by atoms with Crippen molar-refractivity contribution in [3.05, 3.63) is 77.0 Å². The summed E-state index contributed by atoms with van der Waals surface area (Å²) in [4.78, 5) is 12.6. The summed E-state index contributed by atoms with van der Waals surface area (Å²) in [7, 11) is 0. The van der Waals surface area contributed by atoms with Crippen LogP contribution < -0.4 is 10.1 Å². The van der Waals surface area contributed by atoms with Crippen LogP contribution in [0.25, 0.3) is 0 Å². The molecule has 27 heavy (non-hydrogen) atoms. The van der Waals surface area contributed by atoms with Gasteiger partial charge in [0.05, 0.1) is 12.7 Å². The zero-order valence-corrected chi connectivity index (χ0v) is 16.2. The third-order valence-corrected chi connectivity index (χ3v) is 4.65. The Labute approximate surface area is 160 Å². The average Bonchev–Trinajstić information content (AvgIpc) is 3.07. The Kier molecular flexibility index (Phi) is 5.60. The van der Waals surface area contributed by atoms with Crippen LogP contribution in [0.2, 0.25) is 0 Å². The van der Waals surface area contributed by atoms with Crippen molar-refractivity contribution in [2.75, 3.05) is 5.32 Å². The van der Waals surface area contributed by atoms with Crippen molar-refractivity contribution in [3.8, 4) is 5.75 Å². The molecule has 140 valence electrons. The molecule has 1 atom stereocenters. The predicted molar refractivity (Wildman–Crippen MR) is 107 cm³/mol. The molecule has 0 spiro atoms. The molecule has 0 aliphatic heterocycles. The molecular formula is C22H25N3O2. The Hall–Kier alpha value is -3.08. The van der Waals surface area contributed by atoms with Crippen molar-refractivity contribution in [3.63, 3.8) is 0 Å². The van der Waals surface area contributed by atoms with Gasteiger partial charge in [0.1, 0.15) is 11.6 Å². The maximum atomic E-state index is 12.6. The van der Waals surface area contributed by atoms with Gasteiger partial charge in [0, 0.05) is 6.07 Å². The summed E-state index contributed by atoms with van der Waals surface area (Å²) in [5.74, 6) is 1.17. The van der Waals surface area contributed by atoms with E-state index in [9.17, 15) is 4.79 Å². The number of hydrogen-bond donors (Lipinski definition) is 1. The van der Waals surface area contributed by atoms with Crippen molar-refractivity contribution in [1.29, 1.82) is 0 Å². The van der Waals surface area contributed by atoms with Crippen molar-refractivity contribution in [2.24, 2.45) is 0 Å². The highest BCUT2D eigenvalue weighted by Crippen LogP contribution is 2.22. The molecule has 1 unspecified atom stereocenters. The van der Waals surface area contributed by atoms with E-state index in [0.717, 1.165) is 22.4 Å². The van der Waals surface area contributed by atoms with Gasteiger partial charge >= 0.3 is 0 Å². The quantitative estimate of drug-likeness (QED) is 0.712. The maximum Gasteiger partial charge on any atom is 0.266 e. The van der Waals surface area contributed by atoms with Crippen LogP contribution in [0, 0.1) is 20.8 Å². The zero-order valence-electron chi connectivity index (χ0n) is 16.2. The van der Waals surface area contributed by atoms with Crippen LogP contribution >= 0.6 is 0 Å². The van der Waals surface area contributed by atoms with E-state index >= 15 is 0 Å². The minimum Gasteiger partial charge on any atom is -0.481 e. The Morgan fingerprint density at radius 3 is 2.59 bits per heavy atom. The number of hydrogen-bond acceptors (Lipinski definition) is 3. The van der Waals surface area contributed by atoms with Gasteiger partial charge in [0.25, 0.3) is 5.91 Å². The molecule has 5 nitrogen and oxygen atoms in total.